The maximum atomic E-state index is 8.78. The molecule has 0 aliphatic heterocycles. The quantitative estimate of drug-likeness (QED) is 0.902. The van der Waals surface area contributed by atoms with E-state index in [2.05, 4.69) is 21.4 Å². The summed E-state index contributed by atoms with van der Waals surface area (Å²) in [5, 5.41) is 12.0. The molecule has 0 bridgehead atoms. The zero-order valence-electron chi connectivity index (χ0n) is 11.6. The summed E-state index contributed by atoms with van der Waals surface area (Å²) in [5.74, 6) is 2.00. The Labute approximate surface area is 118 Å². The highest BCUT2D eigenvalue weighted by Crippen LogP contribution is 2.27. The van der Waals surface area contributed by atoms with Crippen LogP contribution in [0.25, 0.3) is 0 Å². The molecule has 0 fully saturated rings. The van der Waals surface area contributed by atoms with Gasteiger partial charge in [-0.25, -0.2) is 9.97 Å². The Balaban J connectivity index is 2.28. The van der Waals surface area contributed by atoms with Crippen molar-refractivity contribution in [2.45, 2.75) is 20.3 Å². The van der Waals surface area contributed by atoms with E-state index >= 15 is 0 Å². The third-order valence-electron chi connectivity index (χ3n) is 2.80. The van der Waals surface area contributed by atoms with Gasteiger partial charge >= 0.3 is 0 Å². The number of benzene rings is 1. The van der Waals surface area contributed by atoms with Crippen LogP contribution in [0, 0.1) is 11.3 Å². The zero-order valence-corrected chi connectivity index (χ0v) is 11.6. The largest absolute Gasteiger partial charge is 0.439 e. The summed E-state index contributed by atoms with van der Waals surface area (Å²) in [7, 11) is 0. The van der Waals surface area contributed by atoms with Gasteiger partial charge in [0, 0.05) is 6.54 Å². The highest BCUT2D eigenvalue weighted by atomic mass is 16.5. The molecule has 0 atom stereocenters. The number of aromatic nitrogens is 2. The number of nitrogens with one attached hydrogen (secondary N) is 1. The van der Waals surface area contributed by atoms with Gasteiger partial charge in [-0.15, -0.1) is 0 Å². The van der Waals surface area contributed by atoms with Crippen molar-refractivity contribution in [1.29, 1.82) is 5.26 Å². The van der Waals surface area contributed by atoms with E-state index in [0.717, 1.165) is 24.3 Å². The number of rotatable bonds is 5. The normalized spacial score (nSPS) is 9.85. The molecule has 0 amide bonds. The standard InChI is InChI=1S/C15H16N4O/c1-3-13-14(17-4-2)18-10-19-15(13)20-12-7-5-11(9-16)6-8-12/h5-8,10H,3-4H2,1-2H3,(H,17,18,19). The molecule has 0 aliphatic rings. The number of anilines is 1. The molecule has 1 aromatic heterocycles. The number of hydrogen-bond donors (Lipinski definition) is 1. The third-order valence-corrected chi connectivity index (χ3v) is 2.80. The molecule has 0 aliphatic carbocycles. The maximum Gasteiger partial charge on any atom is 0.227 e. The van der Waals surface area contributed by atoms with Crippen LogP contribution >= 0.6 is 0 Å². The van der Waals surface area contributed by atoms with Crippen LogP contribution in [0.2, 0.25) is 0 Å². The highest BCUT2D eigenvalue weighted by Gasteiger charge is 2.11. The van der Waals surface area contributed by atoms with Crippen LogP contribution in [0.4, 0.5) is 5.82 Å². The Bertz CT molecular complexity index is 617. The van der Waals surface area contributed by atoms with Crippen LogP contribution < -0.4 is 10.1 Å². The summed E-state index contributed by atoms with van der Waals surface area (Å²) in [6.07, 6.45) is 2.25. The SMILES string of the molecule is CCNc1ncnc(Oc2ccc(C#N)cc2)c1CC. The summed E-state index contributed by atoms with van der Waals surface area (Å²) < 4.78 is 5.79. The van der Waals surface area contributed by atoms with Gasteiger partial charge in [0.25, 0.3) is 0 Å². The lowest BCUT2D eigenvalue weighted by atomic mass is 10.2. The van der Waals surface area contributed by atoms with E-state index in [1.807, 2.05) is 13.8 Å². The van der Waals surface area contributed by atoms with Crippen molar-refractivity contribution in [2.75, 3.05) is 11.9 Å². The van der Waals surface area contributed by atoms with Gasteiger partial charge in [0.05, 0.1) is 17.2 Å². The lowest BCUT2D eigenvalue weighted by molar-refractivity contribution is 0.455. The van der Waals surface area contributed by atoms with Gasteiger partial charge in [-0.2, -0.15) is 5.26 Å². The molecular weight excluding hydrogens is 252 g/mol. The molecule has 0 unspecified atom stereocenters. The molecule has 1 heterocycles. The van der Waals surface area contributed by atoms with Gasteiger partial charge in [-0.1, -0.05) is 6.92 Å². The fraction of sp³-hybridized carbons (Fsp3) is 0.267. The van der Waals surface area contributed by atoms with Gasteiger partial charge in [0.1, 0.15) is 17.9 Å². The van der Waals surface area contributed by atoms with Crippen LogP contribution in [-0.2, 0) is 6.42 Å². The second kappa shape index (κ2) is 6.53. The Kier molecular flexibility index (Phi) is 4.51. The molecule has 2 rings (SSSR count). The van der Waals surface area contributed by atoms with Crippen molar-refractivity contribution in [2.24, 2.45) is 0 Å². The maximum absolute atomic E-state index is 8.78. The first-order valence-electron chi connectivity index (χ1n) is 6.54. The Morgan fingerprint density at radius 2 is 1.95 bits per heavy atom. The molecule has 0 spiro atoms. The Hall–Kier alpha value is -2.61. The van der Waals surface area contributed by atoms with E-state index in [1.165, 1.54) is 6.33 Å². The minimum atomic E-state index is 0.545. The molecule has 2 aromatic rings. The van der Waals surface area contributed by atoms with Crippen LogP contribution in [0.15, 0.2) is 30.6 Å². The number of nitrogens with zero attached hydrogens (tertiary/aromatic N) is 3. The zero-order chi connectivity index (χ0) is 14.4. The first-order valence-corrected chi connectivity index (χ1v) is 6.54. The molecule has 5 nitrogen and oxygen atoms in total. The lowest BCUT2D eigenvalue weighted by Crippen LogP contribution is -2.05. The van der Waals surface area contributed by atoms with E-state index < -0.39 is 0 Å². The van der Waals surface area contributed by atoms with Crippen LogP contribution in [-0.4, -0.2) is 16.5 Å². The highest BCUT2D eigenvalue weighted by molar-refractivity contribution is 5.49. The van der Waals surface area contributed by atoms with Crippen molar-refractivity contribution < 1.29 is 4.74 Å². The van der Waals surface area contributed by atoms with E-state index in [4.69, 9.17) is 10.00 Å². The molecule has 1 N–H and O–H groups in total. The summed E-state index contributed by atoms with van der Waals surface area (Å²) in [4.78, 5) is 8.42. The number of hydrogen-bond acceptors (Lipinski definition) is 5. The topological polar surface area (TPSA) is 70.8 Å². The van der Waals surface area contributed by atoms with Crippen molar-refractivity contribution in [3.8, 4) is 17.7 Å². The minimum Gasteiger partial charge on any atom is -0.439 e. The molecule has 0 saturated carbocycles. The van der Waals surface area contributed by atoms with Crippen LogP contribution in [0.5, 0.6) is 11.6 Å². The second-order valence-electron chi connectivity index (χ2n) is 4.13. The van der Waals surface area contributed by atoms with Crippen LogP contribution in [0.3, 0.4) is 0 Å². The van der Waals surface area contributed by atoms with Gasteiger partial charge in [0.15, 0.2) is 0 Å². The summed E-state index contributed by atoms with van der Waals surface area (Å²) in [5.41, 5.74) is 1.54. The summed E-state index contributed by atoms with van der Waals surface area (Å²) >= 11 is 0. The molecule has 1 aromatic carbocycles. The number of ether oxygens (including phenoxy) is 1. The first-order chi connectivity index (χ1) is 9.78. The van der Waals surface area contributed by atoms with E-state index in [9.17, 15) is 0 Å². The van der Waals surface area contributed by atoms with Crippen molar-refractivity contribution in [3.63, 3.8) is 0 Å². The first kappa shape index (κ1) is 13.8. The van der Waals surface area contributed by atoms with E-state index in [-0.39, 0.29) is 0 Å². The van der Waals surface area contributed by atoms with Gasteiger partial charge < -0.3 is 10.1 Å². The van der Waals surface area contributed by atoms with Crippen molar-refractivity contribution in [1.82, 2.24) is 9.97 Å². The predicted octanol–water partition coefficient (Wildman–Crippen LogP) is 3.13. The van der Waals surface area contributed by atoms with Crippen molar-refractivity contribution in [3.05, 3.63) is 41.7 Å². The molecule has 0 radical (unpaired) electrons. The van der Waals surface area contributed by atoms with Gasteiger partial charge in [-0.3, -0.25) is 0 Å². The third kappa shape index (κ3) is 3.04. The Morgan fingerprint density at radius 3 is 2.55 bits per heavy atom. The fourth-order valence-electron chi connectivity index (χ4n) is 1.83. The van der Waals surface area contributed by atoms with E-state index in [0.29, 0.717) is 17.2 Å². The van der Waals surface area contributed by atoms with Crippen molar-refractivity contribution >= 4 is 5.82 Å². The molecular formula is C15H16N4O. The average molecular weight is 268 g/mol. The summed E-state index contributed by atoms with van der Waals surface area (Å²) in [6.45, 7) is 4.84. The van der Waals surface area contributed by atoms with E-state index in [1.54, 1.807) is 24.3 Å². The Morgan fingerprint density at radius 1 is 1.20 bits per heavy atom. The fourth-order valence-corrected chi connectivity index (χ4v) is 1.83. The van der Waals surface area contributed by atoms with Crippen LogP contribution in [0.1, 0.15) is 25.0 Å². The van der Waals surface area contributed by atoms with Gasteiger partial charge in [-0.05, 0) is 37.6 Å². The second-order valence-corrected chi connectivity index (χ2v) is 4.13. The minimum absolute atomic E-state index is 0.545. The molecule has 5 heteroatoms. The number of nitriles is 1. The smallest absolute Gasteiger partial charge is 0.227 e. The van der Waals surface area contributed by atoms with Gasteiger partial charge in [0.2, 0.25) is 5.88 Å². The molecule has 102 valence electrons. The molecule has 0 saturated heterocycles. The summed E-state index contributed by atoms with van der Waals surface area (Å²) in [6, 6.07) is 9.02. The molecule has 20 heavy (non-hydrogen) atoms. The predicted molar refractivity (Wildman–Crippen MR) is 76.8 cm³/mol. The average Bonchev–Trinajstić information content (AvgIpc) is 2.49. The monoisotopic (exact) mass is 268 g/mol. The lowest BCUT2D eigenvalue weighted by Gasteiger charge is -2.12.